The van der Waals surface area contributed by atoms with Gasteiger partial charge in [0.15, 0.2) is 6.29 Å². The van der Waals surface area contributed by atoms with E-state index in [0.717, 1.165) is 31.4 Å². The molecule has 5 heteroatoms. The number of carbonyl (C=O) groups is 1. The molecule has 0 radical (unpaired) electrons. The molecule has 2 saturated heterocycles. The molecule has 7 atom stereocenters. The number of hydrogen-bond acceptors (Lipinski definition) is 5. The number of fused-ring (bicyclic) bond motifs is 5. The van der Waals surface area contributed by atoms with Gasteiger partial charge in [0.25, 0.3) is 0 Å². The SMILES string of the molecule is C[C@@]12CC[C@H]3O[C@H](COc4ccccc4)OC[C@]3(C)[C@H]1CC[C@H]1OC(=O)C[C@H]12. The van der Waals surface area contributed by atoms with E-state index >= 15 is 0 Å². The number of hydrogen-bond donors (Lipinski definition) is 0. The van der Waals surface area contributed by atoms with Crippen LogP contribution in [0.1, 0.15) is 46.0 Å². The molecular formula is C23H30O5. The molecule has 2 aliphatic carbocycles. The minimum absolute atomic E-state index is 0.0154. The third-order valence-corrected chi connectivity index (χ3v) is 8.00. The summed E-state index contributed by atoms with van der Waals surface area (Å²) in [5.41, 5.74) is 0.104. The topological polar surface area (TPSA) is 54.0 Å². The molecule has 0 amide bonds. The molecule has 4 fully saturated rings. The molecule has 1 aromatic carbocycles. The fourth-order valence-corrected chi connectivity index (χ4v) is 6.57. The van der Waals surface area contributed by atoms with Gasteiger partial charge in [-0.25, -0.2) is 0 Å². The zero-order valence-corrected chi connectivity index (χ0v) is 16.8. The first-order chi connectivity index (χ1) is 13.5. The lowest BCUT2D eigenvalue weighted by atomic mass is 9.46. The van der Waals surface area contributed by atoms with Crippen LogP contribution in [-0.2, 0) is 19.0 Å². The maximum Gasteiger partial charge on any atom is 0.306 e. The molecule has 28 heavy (non-hydrogen) atoms. The molecule has 2 saturated carbocycles. The maximum atomic E-state index is 11.9. The summed E-state index contributed by atoms with van der Waals surface area (Å²) in [5.74, 6) is 1.66. The molecule has 2 aliphatic heterocycles. The summed E-state index contributed by atoms with van der Waals surface area (Å²) in [4.78, 5) is 11.9. The lowest BCUT2D eigenvalue weighted by Crippen LogP contribution is -2.62. The van der Waals surface area contributed by atoms with E-state index in [-0.39, 0.29) is 35.3 Å². The second-order valence-electron chi connectivity index (χ2n) is 9.51. The first-order valence-electron chi connectivity index (χ1n) is 10.6. The van der Waals surface area contributed by atoms with Crippen LogP contribution in [0.2, 0.25) is 0 Å². The summed E-state index contributed by atoms with van der Waals surface area (Å²) in [6, 6.07) is 9.79. The number of benzene rings is 1. The fraction of sp³-hybridized carbons (Fsp3) is 0.696. The van der Waals surface area contributed by atoms with Gasteiger partial charge >= 0.3 is 5.97 Å². The van der Waals surface area contributed by atoms with Gasteiger partial charge in [-0.1, -0.05) is 32.0 Å². The van der Waals surface area contributed by atoms with E-state index in [1.54, 1.807) is 0 Å². The van der Waals surface area contributed by atoms with Crippen LogP contribution in [0.5, 0.6) is 5.75 Å². The molecule has 0 unspecified atom stereocenters. The smallest absolute Gasteiger partial charge is 0.306 e. The van der Waals surface area contributed by atoms with Gasteiger partial charge in [-0.05, 0) is 49.1 Å². The molecule has 5 nitrogen and oxygen atoms in total. The minimum atomic E-state index is -0.324. The van der Waals surface area contributed by atoms with Gasteiger partial charge in [-0.2, -0.15) is 0 Å². The molecule has 4 aliphatic rings. The van der Waals surface area contributed by atoms with E-state index in [9.17, 15) is 4.79 Å². The number of carbonyl (C=O) groups excluding carboxylic acids is 1. The largest absolute Gasteiger partial charge is 0.488 e. The van der Waals surface area contributed by atoms with E-state index < -0.39 is 0 Å². The summed E-state index contributed by atoms with van der Waals surface area (Å²) in [7, 11) is 0. The number of rotatable bonds is 3. The van der Waals surface area contributed by atoms with Crippen molar-refractivity contribution in [2.75, 3.05) is 13.2 Å². The lowest BCUT2D eigenvalue weighted by molar-refractivity contribution is -0.311. The normalized spacial score (nSPS) is 44.8. The van der Waals surface area contributed by atoms with Crippen molar-refractivity contribution in [3.63, 3.8) is 0 Å². The first kappa shape index (κ1) is 18.4. The highest BCUT2D eigenvalue weighted by Gasteiger charge is 2.63. The summed E-state index contributed by atoms with van der Waals surface area (Å²) < 4.78 is 24.0. The number of esters is 1. The van der Waals surface area contributed by atoms with Crippen molar-refractivity contribution < 1.29 is 23.7 Å². The predicted molar refractivity (Wildman–Crippen MR) is 103 cm³/mol. The van der Waals surface area contributed by atoms with E-state index in [2.05, 4.69) is 13.8 Å². The van der Waals surface area contributed by atoms with Crippen molar-refractivity contribution in [1.82, 2.24) is 0 Å². The molecule has 1 aromatic rings. The predicted octanol–water partition coefficient (Wildman–Crippen LogP) is 3.96. The summed E-state index contributed by atoms with van der Waals surface area (Å²) >= 11 is 0. The van der Waals surface area contributed by atoms with Gasteiger partial charge in [0.1, 0.15) is 18.5 Å². The van der Waals surface area contributed by atoms with E-state index in [0.29, 0.717) is 31.5 Å². The Balaban J connectivity index is 1.28. The van der Waals surface area contributed by atoms with Gasteiger partial charge in [0.05, 0.1) is 19.1 Å². The molecule has 152 valence electrons. The third-order valence-electron chi connectivity index (χ3n) is 8.00. The van der Waals surface area contributed by atoms with E-state index in [1.807, 2.05) is 30.3 Å². The molecule has 0 aromatic heterocycles. The monoisotopic (exact) mass is 386 g/mol. The Kier molecular flexibility index (Phi) is 4.44. The zero-order valence-electron chi connectivity index (χ0n) is 16.8. The first-order valence-corrected chi connectivity index (χ1v) is 10.6. The Morgan fingerprint density at radius 3 is 2.75 bits per heavy atom. The quantitative estimate of drug-likeness (QED) is 0.736. The van der Waals surface area contributed by atoms with Crippen molar-refractivity contribution >= 4 is 5.97 Å². The molecule has 2 heterocycles. The van der Waals surface area contributed by atoms with Crippen molar-refractivity contribution in [2.45, 2.75) is 64.4 Å². The molecule has 0 N–H and O–H groups in total. The van der Waals surface area contributed by atoms with Crippen LogP contribution in [-0.4, -0.2) is 37.7 Å². The van der Waals surface area contributed by atoms with Gasteiger partial charge in [0.2, 0.25) is 0 Å². The highest BCUT2D eigenvalue weighted by atomic mass is 16.7. The van der Waals surface area contributed by atoms with Gasteiger partial charge in [-0.3, -0.25) is 4.79 Å². The standard InChI is InChI=1S/C23H30O5/c1-22-11-10-19-23(2,18(22)9-8-17-16(22)12-20(24)27-17)14-26-21(28-19)13-25-15-6-4-3-5-7-15/h3-7,16-19,21H,8-14H2,1-2H3/t16-,17-,18+,19-,21-,22+,23-/m1/s1. The third kappa shape index (κ3) is 2.86. The van der Waals surface area contributed by atoms with Crippen LogP contribution < -0.4 is 4.74 Å². The Bertz CT molecular complexity index is 736. The summed E-state index contributed by atoms with van der Waals surface area (Å²) in [6.07, 6.45) is 4.69. The summed E-state index contributed by atoms with van der Waals surface area (Å²) in [6.45, 7) is 5.80. The van der Waals surface area contributed by atoms with Gasteiger partial charge in [0, 0.05) is 11.3 Å². The Morgan fingerprint density at radius 2 is 1.93 bits per heavy atom. The van der Waals surface area contributed by atoms with Crippen LogP contribution in [0, 0.1) is 22.7 Å². The minimum Gasteiger partial charge on any atom is -0.488 e. The van der Waals surface area contributed by atoms with E-state index in [1.165, 1.54) is 0 Å². The van der Waals surface area contributed by atoms with Crippen LogP contribution in [0.4, 0.5) is 0 Å². The number of para-hydroxylation sites is 1. The van der Waals surface area contributed by atoms with E-state index in [4.69, 9.17) is 18.9 Å². The average Bonchev–Trinajstić information content (AvgIpc) is 3.09. The van der Waals surface area contributed by atoms with Crippen LogP contribution in [0.25, 0.3) is 0 Å². The van der Waals surface area contributed by atoms with Gasteiger partial charge in [-0.15, -0.1) is 0 Å². The fourth-order valence-electron chi connectivity index (χ4n) is 6.57. The molecule has 5 rings (SSSR count). The zero-order chi connectivity index (χ0) is 19.4. The van der Waals surface area contributed by atoms with Gasteiger partial charge < -0.3 is 18.9 Å². The van der Waals surface area contributed by atoms with Crippen LogP contribution >= 0.6 is 0 Å². The van der Waals surface area contributed by atoms with Crippen molar-refractivity contribution in [3.05, 3.63) is 30.3 Å². The Labute approximate surface area is 166 Å². The molecule has 0 spiro atoms. The summed E-state index contributed by atoms with van der Waals surface area (Å²) in [5, 5.41) is 0. The average molecular weight is 386 g/mol. The molecular weight excluding hydrogens is 356 g/mol. The Morgan fingerprint density at radius 1 is 1.11 bits per heavy atom. The second-order valence-corrected chi connectivity index (χ2v) is 9.51. The number of ether oxygens (including phenoxy) is 4. The highest BCUT2D eigenvalue weighted by Crippen LogP contribution is 2.63. The van der Waals surface area contributed by atoms with Crippen molar-refractivity contribution in [2.24, 2.45) is 22.7 Å². The van der Waals surface area contributed by atoms with Crippen molar-refractivity contribution in [3.8, 4) is 5.75 Å². The van der Waals surface area contributed by atoms with Crippen molar-refractivity contribution in [1.29, 1.82) is 0 Å². The lowest BCUT2D eigenvalue weighted by Gasteiger charge is -2.62. The highest BCUT2D eigenvalue weighted by molar-refractivity contribution is 5.72. The van der Waals surface area contributed by atoms with Crippen LogP contribution in [0.15, 0.2) is 30.3 Å². The Hall–Kier alpha value is -1.59. The maximum absolute atomic E-state index is 11.9. The molecule has 0 bridgehead atoms. The van der Waals surface area contributed by atoms with Crippen LogP contribution in [0.3, 0.4) is 0 Å². The second kappa shape index (κ2) is 6.74.